The van der Waals surface area contributed by atoms with Crippen molar-refractivity contribution in [1.82, 2.24) is 0 Å². The van der Waals surface area contributed by atoms with Gasteiger partial charge in [0, 0.05) is 0 Å². The molecular weight excluding hydrogens is 569 g/mol. The Bertz CT molecular complexity index is 316. The molecule has 0 aromatic heterocycles. The zero-order valence-electron chi connectivity index (χ0n) is 23.5. The second kappa shape index (κ2) is 20.3. The van der Waals surface area contributed by atoms with Gasteiger partial charge in [-0.2, -0.15) is 0 Å². The van der Waals surface area contributed by atoms with E-state index in [9.17, 15) is 0 Å². The maximum atomic E-state index is 2.55. The summed E-state index contributed by atoms with van der Waals surface area (Å²) in [6.45, 7) is 21.9. The first-order chi connectivity index (χ1) is 14.6. The number of hydrogen-bond donors (Lipinski definition) is 0. The van der Waals surface area contributed by atoms with E-state index in [1.54, 1.807) is 31.6 Å². The van der Waals surface area contributed by atoms with E-state index in [2.05, 4.69) is 62.3 Å². The minimum atomic E-state index is -1.28. The van der Waals surface area contributed by atoms with Gasteiger partial charge in [-0.1, -0.05) is 0 Å². The van der Waals surface area contributed by atoms with Crippen LogP contribution in [0.5, 0.6) is 0 Å². The maximum absolute atomic E-state index is 2.55. The fourth-order valence-corrected chi connectivity index (χ4v) is 16.6. The molecule has 0 rings (SSSR count). The summed E-state index contributed by atoms with van der Waals surface area (Å²) in [5, 5.41) is 0. The molecule has 1 heteroatoms. The molecule has 0 heterocycles. The van der Waals surface area contributed by atoms with Gasteiger partial charge in [0.25, 0.3) is 0 Å². The molecule has 0 aliphatic heterocycles. The normalized spacial score (nSPS) is 15.4. The van der Waals surface area contributed by atoms with Crippen molar-refractivity contribution in [3.63, 3.8) is 0 Å². The Morgan fingerprint density at radius 2 is 0.613 bits per heavy atom. The zero-order chi connectivity index (χ0) is 23.6. The van der Waals surface area contributed by atoms with Gasteiger partial charge >= 0.3 is 209 Å². The molecule has 3 unspecified atom stereocenters. The van der Waals surface area contributed by atoms with Gasteiger partial charge in [0.1, 0.15) is 0 Å². The molecule has 0 saturated heterocycles. The van der Waals surface area contributed by atoms with E-state index in [1.807, 2.05) is 0 Å². The topological polar surface area (TPSA) is 0 Å². The van der Waals surface area contributed by atoms with E-state index >= 15 is 0 Å². The van der Waals surface area contributed by atoms with Gasteiger partial charge in [-0.15, -0.1) is 0 Å². The van der Waals surface area contributed by atoms with E-state index in [1.165, 1.54) is 57.8 Å². The second-order valence-corrected chi connectivity index (χ2v) is 22.9. The Balaban J connectivity index is 4.39. The third-order valence-electron chi connectivity index (χ3n) is 7.25. The van der Waals surface area contributed by atoms with Crippen molar-refractivity contribution in [3.05, 3.63) is 0 Å². The molecule has 0 N–H and O–H groups in total. The van der Waals surface area contributed by atoms with Gasteiger partial charge in [-0.25, -0.2) is 0 Å². The Morgan fingerprint density at radius 1 is 0.355 bits per heavy atom. The molecule has 0 saturated carbocycles. The molecule has 0 bridgehead atoms. The molecule has 0 aromatic carbocycles. The van der Waals surface area contributed by atoms with Gasteiger partial charge < -0.3 is 0 Å². The summed E-state index contributed by atoms with van der Waals surface area (Å²) in [6, 6.07) is 0. The van der Waals surface area contributed by atoms with Crippen molar-refractivity contribution in [3.8, 4) is 0 Å². The Hall–Kier alpha value is 0.883. The summed E-state index contributed by atoms with van der Waals surface area (Å²) in [5.74, 6) is 5.57. The Morgan fingerprint density at radius 3 is 0.839 bits per heavy atom. The van der Waals surface area contributed by atoms with Crippen LogP contribution in [0.15, 0.2) is 0 Å². The van der Waals surface area contributed by atoms with Crippen molar-refractivity contribution in [2.75, 3.05) is 0 Å². The van der Waals surface area contributed by atoms with Crippen LogP contribution in [0.2, 0.25) is 12.4 Å². The summed E-state index contributed by atoms with van der Waals surface area (Å²) < 4.78 is 5.07. The molecule has 0 amide bonds. The molecular formula is C30H63Bi. The Labute approximate surface area is 208 Å². The van der Waals surface area contributed by atoms with E-state index in [0.717, 1.165) is 35.5 Å². The monoisotopic (exact) mass is 632 g/mol. The SMILES string of the molecule is CC(C)CCCC(C)C[CH2][Bi]([CH2]CC(C)CCCC(C)C)[CH2]CC(C)CCCC(C)C. The summed E-state index contributed by atoms with van der Waals surface area (Å²) in [5.41, 5.74) is 0. The zero-order valence-corrected chi connectivity index (χ0v) is 27.0. The third kappa shape index (κ3) is 22.4. The standard InChI is InChI=1S/3C10H21.Bi/c3*1-5-10(4)8-6-7-9(2)3;/h3*9-10H,1,5-8H2,2-4H3;. The summed E-state index contributed by atoms with van der Waals surface area (Å²) in [6.07, 6.45) is 17.8. The van der Waals surface area contributed by atoms with Crippen LogP contribution in [0, 0.1) is 35.5 Å². The van der Waals surface area contributed by atoms with Crippen LogP contribution >= 0.6 is 0 Å². The predicted molar refractivity (Wildman–Crippen MR) is 148 cm³/mol. The van der Waals surface area contributed by atoms with Crippen LogP contribution in [-0.2, 0) is 0 Å². The quantitative estimate of drug-likeness (QED) is 0.110. The van der Waals surface area contributed by atoms with Crippen LogP contribution in [-0.4, -0.2) is 21.8 Å². The van der Waals surface area contributed by atoms with Gasteiger partial charge in [0.05, 0.1) is 0 Å². The number of rotatable bonds is 21. The molecule has 3 atom stereocenters. The van der Waals surface area contributed by atoms with Crippen molar-refractivity contribution >= 4 is 21.8 Å². The molecule has 0 radical (unpaired) electrons. The summed E-state index contributed by atoms with van der Waals surface area (Å²) in [7, 11) is 0. The molecule has 0 aromatic rings. The van der Waals surface area contributed by atoms with Crippen LogP contribution < -0.4 is 0 Å². The first kappa shape index (κ1) is 31.9. The molecule has 0 spiro atoms. The molecule has 188 valence electrons. The van der Waals surface area contributed by atoms with Crippen LogP contribution in [0.25, 0.3) is 0 Å². The van der Waals surface area contributed by atoms with Gasteiger partial charge in [-0.05, 0) is 0 Å². The minimum absolute atomic E-state index is 0.882. The first-order valence-corrected chi connectivity index (χ1v) is 21.7. The van der Waals surface area contributed by atoms with Crippen molar-refractivity contribution in [2.24, 2.45) is 35.5 Å². The third-order valence-corrected chi connectivity index (χ3v) is 17.6. The van der Waals surface area contributed by atoms with Gasteiger partial charge in [0.15, 0.2) is 0 Å². The van der Waals surface area contributed by atoms with Crippen LogP contribution in [0.4, 0.5) is 0 Å². The van der Waals surface area contributed by atoms with E-state index in [0.29, 0.717) is 0 Å². The average molecular weight is 633 g/mol. The molecule has 0 aliphatic rings. The van der Waals surface area contributed by atoms with Gasteiger partial charge in [0.2, 0.25) is 0 Å². The average Bonchev–Trinajstić information content (AvgIpc) is 2.66. The fourth-order valence-electron chi connectivity index (χ4n) is 4.60. The summed E-state index contributed by atoms with van der Waals surface area (Å²) >= 11 is -1.28. The van der Waals surface area contributed by atoms with Crippen molar-refractivity contribution in [1.29, 1.82) is 0 Å². The van der Waals surface area contributed by atoms with Crippen molar-refractivity contribution < 1.29 is 0 Å². The Kier molecular flexibility index (Phi) is 20.9. The summed E-state index contributed by atoms with van der Waals surface area (Å²) in [4.78, 5) is 0. The van der Waals surface area contributed by atoms with Gasteiger partial charge in [-0.3, -0.25) is 0 Å². The molecule has 0 fully saturated rings. The first-order valence-electron chi connectivity index (χ1n) is 14.3. The van der Waals surface area contributed by atoms with Crippen molar-refractivity contribution in [2.45, 2.75) is 152 Å². The molecule has 31 heavy (non-hydrogen) atoms. The number of hydrogen-bond acceptors (Lipinski definition) is 0. The predicted octanol–water partition coefficient (Wildman–Crippen LogP) is 11.0. The molecule has 0 nitrogen and oxygen atoms in total. The van der Waals surface area contributed by atoms with Crippen LogP contribution in [0.3, 0.4) is 0 Å². The van der Waals surface area contributed by atoms with E-state index in [4.69, 9.17) is 0 Å². The van der Waals surface area contributed by atoms with E-state index < -0.39 is 21.8 Å². The van der Waals surface area contributed by atoms with Crippen LogP contribution in [0.1, 0.15) is 139 Å². The fraction of sp³-hybridized carbons (Fsp3) is 1.00. The second-order valence-electron chi connectivity index (χ2n) is 12.5. The molecule has 0 aliphatic carbocycles. The van der Waals surface area contributed by atoms with E-state index in [-0.39, 0.29) is 0 Å².